The number of hydrogen-bond donors (Lipinski definition) is 0. The highest BCUT2D eigenvalue weighted by atomic mass is 19.2. The summed E-state index contributed by atoms with van der Waals surface area (Å²) in [5, 5.41) is 0. The lowest BCUT2D eigenvalue weighted by molar-refractivity contribution is 0.0924. The maximum absolute atomic E-state index is 12.8. The van der Waals surface area contributed by atoms with Crippen LogP contribution in [0.1, 0.15) is 12.8 Å². The first-order valence-corrected chi connectivity index (χ1v) is 5.52. The lowest BCUT2D eigenvalue weighted by atomic mass is 10.3. The number of ether oxygens (including phenoxy) is 2. The highest BCUT2D eigenvalue weighted by Crippen LogP contribution is 2.28. The van der Waals surface area contributed by atoms with Crippen LogP contribution in [0.4, 0.5) is 13.2 Å². The van der Waals surface area contributed by atoms with E-state index in [1.54, 1.807) is 0 Å². The minimum atomic E-state index is -1.48. The summed E-state index contributed by atoms with van der Waals surface area (Å²) in [5.74, 6) is -3.35. The highest BCUT2D eigenvalue weighted by Gasteiger charge is 2.20. The molecule has 0 saturated heterocycles. The van der Waals surface area contributed by atoms with Crippen LogP contribution in [0.2, 0.25) is 0 Å². The molecule has 1 saturated carbocycles. The van der Waals surface area contributed by atoms with Gasteiger partial charge in [-0.2, -0.15) is 0 Å². The van der Waals surface area contributed by atoms with Crippen LogP contribution in [0.3, 0.4) is 0 Å². The molecule has 0 N–H and O–H groups in total. The van der Waals surface area contributed by atoms with Gasteiger partial charge in [-0.05, 0) is 18.8 Å². The van der Waals surface area contributed by atoms with Crippen LogP contribution in [-0.2, 0) is 4.74 Å². The standard InChI is InChI=1S/C12H13F3O2/c13-10-5-9(6-11(14)12(10)15)17-4-3-16-7-8-1-2-8/h5-6,8H,1-4,7H2. The van der Waals surface area contributed by atoms with E-state index in [-0.39, 0.29) is 12.4 Å². The quantitative estimate of drug-likeness (QED) is 0.567. The van der Waals surface area contributed by atoms with Crippen molar-refractivity contribution in [2.45, 2.75) is 12.8 Å². The highest BCUT2D eigenvalue weighted by molar-refractivity contribution is 5.24. The molecule has 1 aromatic carbocycles. The zero-order valence-corrected chi connectivity index (χ0v) is 9.22. The second-order valence-electron chi connectivity index (χ2n) is 4.07. The van der Waals surface area contributed by atoms with Crippen LogP contribution < -0.4 is 4.74 Å². The molecular formula is C12H13F3O2. The van der Waals surface area contributed by atoms with E-state index in [2.05, 4.69) is 0 Å². The molecule has 2 nitrogen and oxygen atoms in total. The molecule has 0 atom stereocenters. The van der Waals surface area contributed by atoms with Crippen molar-refractivity contribution in [3.05, 3.63) is 29.6 Å². The van der Waals surface area contributed by atoms with Gasteiger partial charge in [0.25, 0.3) is 0 Å². The average Bonchev–Trinajstić information content (AvgIpc) is 3.09. The Balaban J connectivity index is 1.73. The molecule has 17 heavy (non-hydrogen) atoms. The Labute approximate surface area is 97.3 Å². The zero-order chi connectivity index (χ0) is 12.3. The Hall–Kier alpha value is -1.23. The lowest BCUT2D eigenvalue weighted by Crippen LogP contribution is -2.08. The molecule has 0 heterocycles. The molecule has 0 radical (unpaired) electrons. The van der Waals surface area contributed by atoms with Crippen molar-refractivity contribution in [1.82, 2.24) is 0 Å². The molecule has 1 aliphatic rings. The third kappa shape index (κ3) is 3.63. The van der Waals surface area contributed by atoms with Crippen molar-refractivity contribution in [2.24, 2.45) is 5.92 Å². The largest absolute Gasteiger partial charge is 0.491 e. The predicted molar refractivity (Wildman–Crippen MR) is 55.4 cm³/mol. The van der Waals surface area contributed by atoms with Gasteiger partial charge in [-0.3, -0.25) is 0 Å². The topological polar surface area (TPSA) is 18.5 Å². The van der Waals surface area contributed by atoms with Crippen LogP contribution in [0.25, 0.3) is 0 Å². The summed E-state index contributed by atoms with van der Waals surface area (Å²) in [6, 6.07) is 1.64. The average molecular weight is 246 g/mol. The van der Waals surface area contributed by atoms with Gasteiger partial charge in [0, 0.05) is 18.7 Å². The first-order chi connectivity index (χ1) is 8.16. The second-order valence-corrected chi connectivity index (χ2v) is 4.07. The third-order valence-corrected chi connectivity index (χ3v) is 2.50. The molecule has 5 heteroatoms. The third-order valence-electron chi connectivity index (χ3n) is 2.50. The van der Waals surface area contributed by atoms with Crippen molar-refractivity contribution in [1.29, 1.82) is 0 Å². The number of halogens is 3. The molecule has 0 aliphatic heterocycles. The van der Waals surface area contributed by atoms with Crippen LogP contribution >= 0.6 is 0 Å². The van der Waals surface area contributed by atoms with E-state index in [4.69, 9.17) is 9.47 Å². The number of benzene rings is 1. The SMILES string of the molecule is Fc1cc(OCCOCC2CC2)cc(F)c1F. The Kier molecular flexibility index (Phi) is 3.89. The molecule has 2 rings (SSSR count). The Bertz CT molecular complexity index is 368. The van der Waals surface area contributed by atoms with Crippen molar-refractivity contribution in [2.75, 3.05) is 19.8 Å². The van der Waals surface area contributed by atoms with Gasteiger partial charge in [-0.1, -0.05) is 0 Å². The van der Waals surface area contributed by atoms with Gasteiger partial charge < -0.3 is 9.47 Å². The van der Waals surface area contributed by atoms with Crippen molar-refractivity contribution in [3.8, 4) is 5.75 Å². The predicted octanol–water partition coefficient (Wildman–Crippen LogP) is 2.91. The molecular weight excluding hydrogens is 233 g/mol. The molecule has 0 amide bonds. The fourth-order valence-electron chi connectivity index (χ4n) is 1.37. The summed E-state index contributed by atoms with van der Waals surface area (Å²) < 4.78 is 48.6. The monoisotopic (exact) mass is 246 g/mol. The molecule has 0 aromatic heterocycles. The van der Waals surface area contributed by atoms with Crippen molar-refractivity contribution >= 4 is 0 Å². The summed E-state index contributed by atoms with van der Waals surface area (Å²) in [7, 11) is 0. The molecule has 94 valence electrons. The van der Waals surface area contributed by atoms with E-state index >= 15 is 0 Å². The van der Waals surface area contributed by atoms with E-state index in [1.807, 2.05) is 0 Å². The van der Waals surface area contributed by atoms with E-state index in [9.17, 15) is 13.2 Å². The van der Waals surface area contributed by atoms with E-state index < -0.39 is 17.5 Å². The van der Waals surface area contributed by atoms with Crippen molar-refractivity contribution < 1.29 is 22.6 Å². The van der Waals surface area contributed by atoms with Gasteiger partial charge in [0.1, 0.15) is 12.4 Å². The molecule has 0 bridgehead atoms. The fourth-order valence-corrected chi connectivity index (χ4v) is 1.37. The molecule has 0 unspecified atom stereocenters. The van der Waals surface area contributed by atoms with E-state index in [0.29, 0.717) is 19.1 Å². The summed E-state index contributed by atoms with van der Waals surface area (Å²) >= 11 is 0. The van der Waals surface area contributed by atoms with Gasteiger partial charge in [0.05, 0.1) is 6.61 Å². The van der Waals surface area contributed by atoms with Gasteiger partial charge in [-0.25, -0.2) is 13.2 Å². The van der Waals surface area contributed by atoms with Gasteiger partial charge >= 0.3 is 0 Å². The van der Waals surface area contributed by atoms with Crippen LogP contribution in [0.15, 0.2) is 12.1 Å². The summed E-state index contributed by atoms with van der Waals surface area (Å²) in [6.45, 7) is 1.25. The molecule has 1 fully saturated rings. The van der Waals surface area contributed by atoms with Crippen LogP contribution in [0.5, 0.6) is 5.75 Å². The Morgan fingerprint density at radius 2 is 1.71 bits per heavy atom. The van der Waals surface area contributed by atoms with Crippen LogP contribution in [-0.4, -0.2) is 19.8 Å². The van der Waals surface area contributed by atoms with Crippen molar-refractivity contribution in [3.63, 3.8) is 0 Å². The first-order valence-electron chi connectivity index (χ1n) is 5.52. The first kappa shape index (κ1) is 12.2. The summed E-state index contributed by atoms with van der Waals surface area (Å²) in [6.07, 6.45) is 2.41. The Morgan fingerprint density at radius 1 is 1.06 bits per heavy atom. The fraction of sp³-hybridized carbons (Fsp3) is 0.500. The minimum absolute atomic E-state index is 0.0311. The molecule has 0 spiro atoms. The smallest absolute Gasteiger partial charge is 0.194 e. The van der Waals surface area contributed by atoms with E-state index in [0.717, 1.165) is 12.1 Å². The zero-order valence-electron chi connectivity index (χ0n) is 9.22. The van der Waals surface area contributed by atoms with Gasteiger partial charge in [0.2, 0.25) is 0 Å². The maximum Gasteiger partial charge on any atom is 0.194 e. The lowest BCUT2D eigenvalue weighted by Gasteiger charge is -2.07. The molecule has 1 aromatic rings. The summed E-state index contributed by atoms with van der Waals surface area (Å²) in [4.78, 5) is 0. The summed E-state index contributed by atoms with van der Waals surface area (Å²) in [5.41, 5.74) is 0. The number of rotatable bonds is 6. The van der Waals surface area contributed by atoms with Crippen LogP contribution in [0, 0.1) is 23.4 Å². The van der Waals surface area contributed by atoms with Gasteiger partial charge in [-0.15, -0.1) is 0 Å². The Morgan fingerprint density at radius 3 is 2.29 bits per heavy atom. The van der Waals surface area contributed by atoms with Gasteiger partial charge in [0.15, 0.2) is 17.5 Å². The molecule has 1 aliphatic carbocycles. The maximum atomic E-state index is 12.8. The normalized spacial score (nSPS) is 15.0. The second kappa shape index (κ2) is 5.40. The number of hydrogen-bond acceptors (Lipinski definition) is 2. The minimum Gasteiger partial charge on any atom is -0.491 e. The van der Waals surface area contributed by atoms with E-state index in [1.165, 1.54) is 12.8 Å².